The molecule has 0 aliphatic heterocycles. The molecular weight excluding hydrogens is 140 g/mol. The van der Waals surface area contributed by atoms with Crippen LogP contribution in [0.15, 0.2) is 23.8 Å². The van der Waals surface area contributed by atoms with Gasteiger partial charge in [-0.25, -0.2) is 4.79 Å². The molecule has 0 aliphatic rings. The highest BCUT2D eigenvalue weighted by Gasteiger charge is 2.03. The highest BCUT2D eigenvalue weighted by Crippen LogP contribution is 2.10. The van der Waals surface area contributed by atoms with Crippen LogP contribution in [-0.2, 0) is 4.79 Å². The zero-order chi connectivity index (χ0) is 8.85. The van der Waals surface area contributed by atoms with Crippen molar-refractivity contribution in [2.75, 3.05) is 0 Å². The number of allylic oxidation sites excluding steroid dienone is 2. The normalized spacial score (nSPS) is 12.2. The Kier molecular flexibility index (Phi) is 4.27. The predicted molar refractivity (Wildman–Crippen MR) is 45.4 cm³/mol. The summed E-state index contributed by atoms with van der Waals surface area (Å²) in [6.45, 7) is 7.03. The first-order chi connectivity index (χ1) is 5.09. The minimum absolute atomic E-state index is 0.451. The molecule has 0 unspecified atom stereocenters. The van der Waals surface area contributed by atoms with Crippen LogP contribution in [0.25, 0.3) is 0 Å². The van der Waals surface area contributed by atoms with Crippen molar-refractivity contribution in [2.24, 2.45) is 0 Å². The van der Waals surface area contributed by atoms with Crippen LogP contribution in [0, 0.1) is 0 Å². The summed E-state index contributed by atoms with van der Waals surface area (Å²) in [6.07, 6.45) is 3.43. The van der Waals surface area contributed by atoms with E-state index in [0.29, 0.717) is 5.57 Å². The van der Waals surface area contributed by atoms with Gasteiger partial charge in [-0.15, -0.1) is 6.58 Å². The van der Waals surface area contributed by atoms with E-state index in [1.807, 2.05) is 6.92 Å². The summed E-state index contributed by atoms with van der Waals surface area (Å²) in [6, 6.07) is 0. The largest absolute Gasteiger partial charge is 0.478 e. The zero-order valence-electron chi connectivity index (χ0n) is 7.05. The lowest BCUT2D eigenvalue weighted by Crippen LogP contribution is -1.99. The molecule has 2 heteroatoms. The molecule has 0 aromatic rings. The minimum Gasteiger partial charge on any atom is -0.478 e. The standard InChI is InChI=1S/C9H14O2/c1-4-5-6-7(2)8(3)9(10)11/h4H,1,5-6H2,2-3H3,(H,10,11). The van der Waals surface area contributed by atoms with Crippen molar-refractivity contribution in [1.82, 2.24) is 0 Å². The van der Waals surface area contributed by atoms with Crippen molar-refractivity contribution >= 4 is 5.97 Å². The van der Waals surface area contributed by atoms with E-state index < -0.39 is 5.97 Å². The Bertz CT molecular complexity index is 190. The molecule has 0 atom stereocenters. The van der Waals surface area contributed by atoms with E-state index >= 15 is 0 Å². The van der Waals surface area contributed by atoms with Gasteiger partial charge < -0.3 is 5.11 Å². The highest BCUT2D eigenvalue weighted by molar-refractivity contribution is 5.86. The molecule has 0 radical (unpaired) electrons. The molecule has 0 spiro atoms. The van der Waals surface area contributed by atoms with Crippen molar-refractivity contribution in [3.05, 3.63) is 23.8 Å². The van der Waals surface area contributed by atoms with Gasteiger partial charge in [0.05, 0.1) is 0 Å². The van der Waals surface area contributed by atoms with Crippen LogP contribution in [-0.4, -0.2) is 11.1 Å². The Hall–Kier alpha value is -1.05. The zero-order valence-corrected chi connectivity index (χ0v) is 7.05. The third kappa shape index (κ3) is 3.61. The van der Waals surface area contributed by atoms with Gasteiger partial charge in [0.25, 0.3) is 0 Å². The van der Waals surface area contributed by atoms with E-state index in [-0.39, 0.29) is 0 Å². The molecule has 0 heterocycles. The number of hydrogen-bond acceptors (Lipinski definition) is 1. The second kappa shape index (κ2) is 4.72. The van der Waals surface area contributed by atoms with Gasteiger partial charge >= 0.3 is 5.97 Å². The maximum Gasteiger partial charge on any atom is 0.331 e. The van der Waals surface area contributed by atoms with Crippen LogP contribution in [0.3, 0.4) is 0 Å². The molecule has 11 heavy (non-hydrogen) atoms. The van der Waals surface area contributed by atoms with E-state index in [1.54, 1.807) is 13.0 Å². The van der Waals surface area contributed by atoms with Crippen molar-refractivity contribution < 1.29 is 9.90 Å². The first kappa shape index (κ1) is 9.95. The molecule has 62 valence electrons. The molecular formula is C9H14O2. The van der Waals surface area contributed by atoms with E-state index in [0.717, 1.165) is 18.4 Å². The second-order valence-electron chi connectivity index (χ2n) is 2.54. The average Bonchev–Trinajstić information content (AvgIpc) is 1.98. The van der Waals surface area contributed by atoms with Crippen LogP contribution >= 0.6 is 0 Å². The molecule has 2 nitrogen and oxygen atoms in total. The lowest BCUT2D eigenvalue weighted by Gasteiger charge is -2.00. The second-order valence-corrected chi connectivity index (χ2v) is 2.54. The molecule has 0 amide bonds. The first-order valence-corrected chi connectivity index (χ1v) is 3.60. The van der Waals surface area contributed by atoms with Gasteiger partial charge in [-0.1, -0.05) is 11.6 Å². The molecule has 0 bridgehead atoms. The van der Waals surface area contributed by atoms with E-state index in [2.05, 4.69) is 6.58 Å². The molecule has 0 saturated carbocycles. The van der Waals surface area contributed by atoms with E-state index in [4.69, 9.17) is 5.11 Å². The summed E-state index contributed by atoms with van der Waals surface area (Å²) < 4.78 is 0. The van der Waals surface area contributed by atoms with Crippen LogP contribution in [0.1, 0.15) is 26.7 Å². The van der Waals surface area contributed by atoms with Crippen molar-refractivity contribution in [3.63, 3.8) is 0 Å². The SMILES string of the molecule is C=CCCC(C)=C(C)C(=O)O. The van der Waals surface area contributed by atoms with Gasteiger partial charge in [-0.2, -0.15) is 0 Å². The summed E-state index contributed by atoms with van der Waals surface area (Å²) >= 11 is 0. The number of rotatable bonds is 4. The first-order valence-electron chi connectivity index (χ1n) is 3.60. The topological polar surface area (TPSA) is 37.3 Å². The van der Waals surface area contributed by atoms with Crippen LogP contribution in [0.4, 0.5) is 0 Å². The summed E-state index contributed by atoms with van der Waals surface area (Å²) in [5.74, 6) is -0.827. The maximum atomic E-state index is 10.4. The quantitative estimate of drug-likeness (QED) is 0.498. The maximum absolute atomic E-state index is 10.4. The Balaban J connectivity index is 4.15. The third-order valence-electron chi connectivity index (χ3n) is 1.68. The van der Waals surface area contributed by atoms with Crippen LogP contribution < -0.4 is 0 Å². The minimum atomic E-state index is -0.827. The Morgan fingerprint density at radius 3 is 2.45 bits per heavy atom. The summed E-state index contributed by atoms with van der Waals surface area (Å²) in [5.41, 5.74) is 1.38. The van der Waals surface area contributed by atoms with Crippen molar-refractivity contribution in [3.8, 4) is 0 Å². The smallest absolute Gasteiger partial charge is 0.331 e. The third-order valence-corrected chi connectivity index (χ3v) is 1.68. The average molecular weight is 154 g/mol. The van der Waals surface area contributed by atoms with Crippen LogP contribution in [0.2, 0.25) is 0 Å². The van der Waals surface area contributed by atoms with Crippen molar-refractivity contribution in [2.45, 2.75) is 26.7 Å². The Morgan fingerprint density at radius 2 is 2.09 bits per heavy atom. The summed E-state index contributed by atoms with van der Waals surface area (Å²) in [4.78, 5) is 10.4. The summed E-state index contributed by atoms with van der Waals surface area (Å²) in [7, 11) is 0. The number of carboxylic acid groups (broad SMARTS) is 1. The molecule has 0 aliphatic carbocycles. The number of aliphatic carboxylic acids is 1. The van der Waals surface area contributed by atoms with Gasteiger partial charge in [0, 0.05) is 5.57 Å². The fourth-order valence-corrected chi connectivity index (χ4v) is 0.689. The van der Waals surface area contributed by atoms with Gasteiger partial charge in [-0.05, 0) is 26.7 Å². The molecule has 0 fully saturated rings. The number of carbonyl (C=O) groups is 1. The monoisotopic (exact) mass is 154 g/mol. The fraction of sp³-hybridized carbons (Fsp3) is 0.444. The van der Waals surface area contributed by atoms with Crippen molar-refractivity contribution in [1.29, 1.82) is 0 Å². The highest BCUT2D eigenvalue weighted by atomic mass is 16.4. The van der Waals surface area contributed by atoms with Gasteiger partial charge in [-0.3, -0.25) is 0 Å². The molecule has 0 aromatic carbocycles. The predicted octanol–water partition coefficient (Wildman–Crippen LogP) is 2.37. The van der Waals surface area contributed by atoms with Crippen LogP contribution in [0.5, 0.6) is 0 Å². The molecule has 0 aromatic heterocycles. The van der Waals surface area contributed by atoms with Gasteiger partial charge in [0.1, 0.15) is 0 Å². The molecule has 0 rings (SSSR count). The molecule has 1 N–H and O–H groups in total. The van der Waals surface area contributed by atoms with E-state index in [1.165, 1.54) is 0 Å². The Labute approximate surface area is 67.2 Å². The number of hydrogen-bond donors (Lipinski definition) is 1. The lowest BCUT2D eigenvalue weighted by atomic mass is 10.1. The lowest BCUT2D eigenvalue weighted by molar-refractivity contribution is -0.132. The Morgan fingerprint density at radius 1 is 1.55 bits per heavy atom. The van der Waals surface area contributed by atoms with Gasteiger partial charge in [0.15, 0.2) is 0 Å². The van der Waals surface area contributed by atoms with Gasteiger partial charge in [0.2, 0.25) is 0 Å². The summed E-state index contributed by atoms with van der Waals surface area (Å²) in [5, 5.41) is 8.57. The fourth-order valence-electron chi connectivity index (χ4n) is 0.689. The van der Waals surface area contributed by atoms with E-state index in [9.17, 15) is 4.79 Å². The molecule has 0 saturated heterocycles. The number of carboxylic acids is 1.